The Morgan fingerprint density at radius 1 is 1.03 bits per heavy atom. The predicted molar refractivity (Wildman–Crippen MR) is 150 cm³/mol. The van der Waals surface area contributed by atoms with Gasteiger partial charge in [-0.15, -0.1) is 0 Å². The van der Waals surface area contributed by atoms with Gasteiger partial charge in [-0.25, -0.2) is 0 Å². The molecule has 2 unspecified atom stereocenters. The molecule has 0 saturated heterocycles. The van der Waals surface area contributed by atoms with E-state index in [1.165, 1.54) is 19.9 Å². The maximum atomic E-state index is 13.9. The van der Waals surface area contributed by atoms with Gasteiger partial charge in [-0.05, 0) is 85.8 Å². The first-order valence-corrected chi connectivity index (χ1v) is 13.6. The van der Waals surface area contributed by atoms with Gasteiger partial charge >= 0.3 is 0 Å². The Balaban J connectivity index is 1.57. The molecule has 200 valence electrons. The Morgan fingerprint density at radius 2 is 1.71 bits per heavy atom. The number of ether oxygens (including phenoxy) is 1. The van der Waals surface area contributed by atoms with Crippen LogP contribution < -0.4 is 20.9 Å². The smallest absolute Gasteiger partial charge is 0.264 e. The fraction of sp³-hybridized carbons (Fsp3) is 0.452. The van der Waals surface area contributed by atoms with Gasteiger partial charge in [0.05, 0.1) is 30.3 Å². The molecule has 2 saturated carbocycles. The third-order valence-corrected chi connectivity index (χ3v) is 8.47. The zero-order valence-electron chi connectivity index (χ0n) is 22.7. The second-order valence-electron chi connectivity index (χ2n) is 11.5. The molecule has 38 heavy (non-hydrogen) atoms. The number of amides is 2. The molecule has 2 N–H and O–H groups in total. The molecule has 2 fully saturated rings. The number of fused-ring (bicyclic) bond motifs is 3. The Labute approximate surface area is 223 Å². The predicted octanol–water partition coefficient (Wildman–Crippen LogP) is 5.21. The molecule has 2 atom stereocenters. The molecule has 0 spiro atoms. The molecule has 7 nitrogen and oxygen atoms in total. The van der Waals surface area contributed by atoms with Gasteiger partial charge in [0.2, 0.25) is 5.91 Å². The summed E-state index contributed by atoms with van der Waals surface area (Å²) in [6, 6.07) is 14.7. The highest BCUT2D eigenvalue weighted by Gasteiger charge is 2.49. The molecule has 2 aliphatic rings. The van der Waals surface area contributed by atoms with Crippen molar-refractivity contribution in [2.45, 2.75) is 52.5 Å². The van der Waals surface area contributed by atoms with Gasteiger partial charge in [-0.2, -0.15) is 0 Å². The van der Waals surface area contributed by atoms with Gasteiger partial charge < -0.3 is 19.9 Å². The molecule has 2 aromatic carbocycles. The molecule has 2 amide bonds. The van der Waals surface area contributed by atoms with E-state index in [1.54, 1.807) is 17.7 Å². The van der Waals surface area contributed by atoms with Crippen LogP contribution in [-0.2, 0) is 11.3 Å². The Morgan fingerprint density at radius 3 is 2.34 bits per heavy atom. The molecule has 2 aliphatic carbocycles. The summed E-state index contributed by atoms with van der Waals surface area (Å²) in [6.07, 6.45) is 5.12. The number of rotatable bonds is 6. The lowest BCUT2D eigenvalue weighted by atomic mass is 9.56. The minimum atomic E-state index is -0.454. The molecule has 0 radical (unpaired) electrons. The van der Waals surface area contributed by atoms with Gasteiger partial charge in [0.15, 0.2) is 0 Å². The monoisotopic (exact) mass is 515 g/mol. The SMILES string of the molecule is CNC(=O)c1cc2c(NC(=O)C34CC(C)CC(CC(C)C3)C4)cccc2n(Cc2ccc(OC)cc2)c1=O. The van der Waals surface area contributed by atoms with Crippen LogP contribution in [0.4, 0.5) is 5.69 Å². The van der Waals surface area contributed by atoms with Crippen molar-refractivity contribution in [3.05, 3.63) is 70.0 Å². The third-order valence-electron chi connectivity index (χ3n) is 8.47. The van der Waals surface area contributed by atoms with E-state index < -0.39 is 5.91 Å². The highest BCUT2D eigenvalue weighted by Crippen LogP contribution is 2.53. The number of carbonyl (C=O) groups excluding carboxylic acids is 2. The Hall–Kier alpha value is -3.61. The number of benzene rings is 2. The van der Waals surface area contributed by atoms with Crippen molar-refractivity contribution < 1.29 is 14.3 Å². The average Bonchev–Trinajstić information content (AvgIpc) is 2.89. The van der Waals surface area contributed by atoms with Crippen LogP contribution in [0, 0.1) is 23.2 Å². The van der Waals surface area contributed by atoms with E-state index in [1.807, 2.05) is 42.5 Å². The van der Waals surface area contributed by atoms with E-state index in [0.29, 0.717) is 34.3 Å². The lowest BCUT2D eigenvalue weighted by molar-refractivity contribution is -0.133. The summed E-state index contributed by atoms with van der Waals surface area (Å²) in [4.78, 5) is 40.2. The van der Waals surface area contributed by atoms with Crippen LogP contribution in [0.5, 0.6) is 5.75 Å². The molecule has 0 aliphatic heterocycles. The molecule has 2 bridgehead atoms. The van der Waals surface area contributed by atoms with Gasteiger partial charge in [-0.1, -0.05) is 32.0 Å². The quantitative estimate of drug-likeness (QED) is 0.472. The maximum absolute atomic E-state index is 13.9. The number of nitrogens with zero attached hydrogens (tertiary/aromatic N) is 1. The molecule has 5 rings (SSSR count). The first-order valence-electron chi connectivity index (χ1n) is 13.6. The minimum absolute atomic E-state index is 0.0472. The lowest BCUT2D eigenvalue weighted by Crippen LogP contribution is -2.47. The Bertz CT molecular complexity index is 1410. The largest absolute Gasteiger partial charge is 0.497 e. The minimum Gasteiger partial charge on any atom is -0.497 e. The first-order chi connectivity index (χ1) is 18.2. The number of anilines is 1. The van der Waals surface area contributed by atoms with Crippen molar-refractivity contribution in [2.75, 3.05) is 19.5 Å². The zero-order valence-corrected chi connectivity index (χ0v) is 22.7. The second kappa shape index (κ2) is 10.3. The number of carbonyl (C=O) groups is 2. The molecule has 1 aromatic heterocycles. The van der Waals surface area contributed by atoms with Crippen LogP contribution in [0.2, 0.25) is 0 Å². The average molecular weight is 516 g/mol. The summed E-state index contributed by atoms with van der Waals surface area (Å²) in [5, 5.41) is 6.51. The topological polar surface area (TPSA) is 89.4 Å². The van der Waals surface area contributed by atoms with E-state index in [-0.39, 0.29) is 29.0 Å². The summed E-state index contributed by atoms with van der Waals surface area (Å²) < 4.78 is 6.87. The molecule has 1 heterocycles. The lowest BCUT2D eigenvalue weighted by Gasteiger charge is -2.48. The fourth-order valence-electron chi connectivity index (χ4n) is 7.12. The summed E-state index contributed by atoms with van der Waals surface area (Å²) >= 11 is 0. The van der Waals surface area contributed by atoms with Crippen LogP contribution in [0.3, 0.4) is 0 Å². The van der Waals surface area contributed by atoms with Crippen LogP contribution in [0.1, 0.15) is 61.9 Å². The van der Waals surface area contributed by atoms with Crippen molar-refractivity contribution in [3.63, 3.8) is 0 Å². The first kappa shape index (κ1) is 26.0. The van der Waals surface area contributed by atoms with E-state index in [0.717, 1.165) is 30.6 Å². The number of aromatic nitrogens is 1. The summed E-state index contributed by atoms with van der Waals surface area (Å²) in [5.74, 6) is 1.97. The van der Waals surface area contributed by atoms with E-state index in [9.17, 15) is 14.4 Å². The normalized spacial score (nSPS) is 24.6. The van der Waals surface area contributed by atoms with Crippen molar-refractivity contribution in [3.8, 4) is 5.75 Å². The summed E-state index contributed by atoms with van der Waals surface area (Å²) in [5.41, 5.74) is 1.49. The number of nitrogens with one attached hydrogen (secondary N) is 2. The van der Waals surface area contributed by atoms with Crippen molar-refractivity contribution in [1.29, 1.82) is 0 Å². The van der Waals surface area contributed by atoms with Crippen LogP contribution in [0.25, 0.3) is 10.9 Å². The highest BCUT2D eigenvalue weighted by atomic mass is 16.5. The van der Waals surface area contributed by atoms with E-state index >= 15 is 0 Å². The van der Waals surface area contributed by atoms with Gasteiger partial charge in [-0.3, -0.25) is 14.4 Å². The number of hydrogen-bond donors (Lipinski definition) is 2. The number of hydrogen-bond acceptors (Lipinski definition) is 4. The summed E-state index contributed by atoms with van der Waals surface area (Å²) in [7, 11) is 3.12. The van der Waals surface area contributed by atoms with Crippen LogP contribution >= 0.6 is 0 Å². The van der Waals surface area contributed by atoms with Crippen LogP contribution in [-0.4, -0.2) is 30.5 Å². The standard InChI is InChI=1S/C31H37N3O4/c1-19-12-22-13-20(2)16-31(15-19,17-22)30(37)33-26-6-5-7-27-24(26)14-25(28(35)32-3)29(36)34(27)18-21-8-10-23(38-4)11-9-21/h5-11,14,19-20,22H,12-13,15-18H2,1-4H3,(H,32,35)(H,33,37). The fourth-order valence-corrected chi connectivity index (χ4v) is 7.12. The molecule has 3 aromatic rings. The molecule has 7 heteroatoms. The number of methoxy groups -OCH3 is 1. The third kappa shape index (κ3) is 4.82. The van der Waals surface area contributed by atoms with Crippen molar-refractivity contribution in [1.82, 2.24) is 9.88 Å². The van der Waals surface area contributed by atoms with Gasteiger partial charge in [0.25, 0.3) is 11.5 Å². The maximum Gasteiger partial charge on any atom is 0.264 e. The Kier molecular flexibility index (Phi) is 7.03. The summed E-state index contributed by atoms with van der Waals surface area (Å²) in [6.45, 7) is 4.80. The second-order valence-corrected chi connectivity index (χ2v) is 11.5. The van der Waals surface area contributed by atoms with Crippen molar-refractivity contribution >= 4 is 28.4 Å². The van der Waals surface area contributed by atoms with Crippen molar-refractivity contribution in [2.24, 2.45) is 23.2 Å². The number of pyridine rings is 1. The van der Waals surface area contributed by atoms with Gasteiger partial charge in [0, 0.05) is 12.4 Å². The van der Waals surface area contributed by atoms with E-state index in [4.69, 9.17) is 4.74 Å². The molecular weight excluding hydrogens is 478 g/mol. The van der Waals surface area contributed by atoms with Crippen LogP contribution in [0.15, 0.2) is 53.3 Å². The highest BCUT2D eigenvalue weighted by molar-refractivity contribution is 6.05. The van der Waals surface area contributed by atoms with E-state index in [2.05, 4.69) is 24.5 Å². The van der Waals surface area contributed by atoms with Gasteiger partial charge in [0.1, 0.15) is 11.3 Å². The zero-order chi connectivity index (χ0) is 27.0. The molecular formula is C31H37N3O4.